The zero-order valence-corrected chi connectivity index (χ0v) is 16.8. The van der Waals surface area contributed by atoms with Crippen LogP contribution in [0, 0.1) is 12.8 Å². The summed E-state index contributed by atoms with van der Waals surface area (Å²) in [5, 5.41) is 0. The topological polar surface area (TPSA) is 43.9 Å². The van der Waals surface area contributed by atoms with Crippen LogP contribution in [0.15, 0.2) is 22.7 Å². The molecule has 0 radical (unpaired) electrons. The number of piperidine rings is 1. The summed E-state index contributed by atoms with van der Waals surface area (Å²) in [6.45, 7) is 4.09. The summed E-state index contributed by atoms with van der Waals surface area (Å²) in [5.74, 6) is -0.0301. The minimum absolute atomic E-state index is 0.0447. The van der Waals surface area contributed by atoms with Crippen LogP contribution in [0.4, 0.5) is 5.69 Å². The SMILES string of the molecule is Cc1cc(N2CC(C(=O)N3CCC(N(C)C)CC3)CC2=O)ccc1Br. The van der Waals surface area contributed by atoms with Gasteiger partial charge in [0.05, 0.1) is 5.92 Å². The van der Waals surface area contributed by atoms with Crippen molar-refractivity contribution in [1.29, 1.82) is 0 Å². The molecular weight excluding hydrogens is 382 g/mol. The second kappa shape index (κ2) is 7.46. The van der Waals surface area contributed by atoms with Gasteiger partial charge in [0.15, 0.2) is 0 Å². The Hall–Kier alpha value is -1.40. The third kappa shape index (κ3) is 3.90. The van der Waals surface area contributed by atoms with E-state index < -0.39 is 0 Å². The second-order valence-electron chi connectivity index (χ2n) is 7.36. The number of amides is 2. The van der Waals surface area contributed by atoms with E-state index >= 15 is 0 Å². The van der Waals surface area contributed by atoms with Gasteiger partial charge in [0.2, 0.25) is 11.8 Å². The lowest BCUT2D eigenvalue weighted by Crippen LogP contribution is -2.46. The van der Waals surface area contributed by atoms with E-state index in [-0.39, 0.29) is 17.7 Å². The maximum Gasteiger partial charge on any atom is 0.228 e. The standard InChI is InChI=1S/C19H26BrN3O2/c1-13-10-16(4-5-17(13)20)23-12-14(11-18(23)24)19(25)22-8-6-15(7-9-22)21(2)3/h4-5,10,14-15H,6-9,11-12H2,1-3H3. The van der Waals surface area contributed by atoms with Gasteiger partial charge in [0.25, 0.3) is 0 Å². The van der Waals surface area contributed by atoms with Crippen LogP contribution in [0.25, 0.3) is 0 Å². The fourth-order valence-electron chi connectivity index (χ4n) is 3.78. The first-order chi connectivity index (χ1) is 11.9. The number of aryl methyl sites for hydroxylation is 1. The van der Waals surface area contributed by atoms with Gasteiger partial charge in [-0.15, -0.1) is 0 Å². The van der Waals surface area contributed by atoms with E-state index in [1.165, 1.54) is 0 Å². The summed E-state index contributed by atoms with van der Waals surface area (Å²) in [5.41, 5.74) is 1.97. The molecule has 1 unspecified atom stereocenters. The number of anilines is 1. The van der Waals surface area contributed by atoms with Gasteiger partial charge < -0.3 is 14.7 Å². The number of hydrogen-bond acceptors (Lipinski definition) is 3. The number of halogens is 1. The number of hydrogen-bond donors (Lipinski definition) is 0. The fourth-order valence-corrected chi connectivity index (χ4v) is 4.03. The van der Waals surface area contributed by atoms with E-state index in [4.69, 9.17) is 0 Å². The molecule has 2 fully saturated rings. The van der Waals surface area contributed by atoms with Crippen LogP contribution in [-0.4, -0.2) is 61.4 Å². The summed E-state index contributed by atoms with van der Waals surface area (Å²) in [6, 6.07) is 6.44. The number of carbonyl (C=O) groups is 2. The number of rotatable bonds is 3. The van der Waals surface area contributed by atoms with Crippen molar-refractivity contribution in [2.24, 2.45) is 5.92 Å². The Morgan fingerprint density at radius 2 is 1.92 bits per heavy atom. The van der Waals surface area contributed by atoms with Crippen molar-refractivity contribution in [2.45, 2.75) is 32.2 Å². The van der Waals surface area contributed by atoms with E-state index in [1.54, 1.807) is 4.90 Å². The van der Waals surface area contributed by atoms with E-state index in [0.29, 0.717) is 19.0 Å². The van der Waals surface area contributed by atoms with E-state index in [1.807, 2.05) is 30.0 Å². The van der Waals surface area contributed by atoms with Gasteiger partial charge in [-0.3, -0.25) is 9.59 Å². The van der Waals surface area contributed by atoms with Crippen molar-refractivity contribution >= 4 is 33.4 Å². The molecule has 1 atom stereocenters. The molecule has 0 aromatic heterocycles. The molecular formula is C19H26BrN3O2. The molecule has 2 saturated heterocycles. The lowest BCUT2D eigenvalue weighted by molar-refractivity contribution is -0.137. The molecule has 0 bridgehead atoms. The van der Waals surface area contributed by atoms with Crippen LogP contribution in [0.5, 0.6) is 0 Å². The fraction of sp³-hybridized carbons (Fsp3) is 0.579. The molecule has 1 aromatic rings. The molecule has 1 aromatic carbocycles. The highest BCUT2D eigenvalue weighted by molar-refractivity contribution is 9.10. The van der Waals surface area contributed by atoms with Gasteiger partial charge in [-0.25, -0.2) is 0 Å². The van der Waals surface area contributed by atoms with Gasteiger partial charge in [0, 0.05) is 42.3 Å². The number of carbonyl (C=O) groups excluding carboxylic acids is 2. The van der Waals surface area contributed by atoms with Gasteiger partial charge in [-0.05, 0) is 57.6 Å². The molecule has 6 heteroatoms. The van der Waals surface area contributed by atoms with Gasteiger partial charge >= 0.3 is 0 Å². The third-order valence-electron chi connectivity index (χ3n) is 5.43. The molecule has 3 rings (SSSR count). The average Bonchev–Trinajstić information content (AvgIpc) is 2.98. The van der Waals surface area contributed by atoms with Gasteiger partial charge in [-0.2, -0.15) is 0 Å². The maximum absolute atomic E-state index is 12.8. The Kier molecular flexibility index (Phi) is 5.49. The van der Waals surface area contributed by atoms with Crippen LogP contribution >= 0.6 is 15.9 Å². The highest BCUT2D eigenvalue weighted by Crippen LogP contribution is 2.30. The normalized spacial score (nSPS) is 22.1. The Balaban J connectivity index is 1.64. The number of likely N-dealkylation sites (tertiary alicyclic amines) is 1. The van der Waals surface area contributed by atoms with Crippen LogP contribution in [0.2, 0.25) is 0 Å². The van der Waals surface area contributed by atoms with Crippen molar-refractivity contribution in [3.8, 4) is 0 Å². The van der Waals surface area contributed by atoms with Crippen molar-refractivity contribution in [3.05, 3.63) is 28.2 Å². The van der Waals surface area contributed by atoms with Crippen molar-refractivity contribution in [3.63, 3.8) is 0 Å². The van der Waals surface area contributed by atoms with Crippen LogP contribution in [-0.2, 0) is 9.59 Å². The molecule has 2 heterocycles. The largest absolute Gasteiger partial charge is 0.342 e. The van der Waals surface area contributed by atoms with Crippen molar-refractivity contribution in [1.82, 2.24) is 9.80 Å². The molecule has 0 aliphatic carbocycles. The first-order valence-corrected chi connectivity index (χ1v) is 9.68. The van der Waals surface area contributed by atoms with Crippen molar-refractivity contribution < 1.29 is 9.59 Å². The van der Waals surface area contributed by atoms with E-state index in [2.05, 4.69) is 34.9 Å². The number of nitrogens with zero attached hydrogens (tertiary/aromatic N) is 3. The minimum atomic E-state index is -0.215. The summed E-state index contributed by atoms with van der Waals surface area (Å²) in [4.78, 5) is 31.2. The van der Waals surface area contributed by atoms with Gasteiger partial charge in [0.1, 0.15) is 0 Å². The summed E-state index contributed by atoms with van der Waals surface area (Å²) in [6.07, 6.45) is 2.34. The summed E-state index contributed by atoms with van der Waals surface area (Å²) < 4.78 is 1.03. The smallest absolute Gasteiger partial charge is 0.228 e. The Morgan fingerprint density at radius 1 is 1.24 bits per heavy atom. The first-order valence-electron chi connectivity index (χ1n) is 8.88. The molecule has 0 saturated carbocycles. The highest BCUT2D eigenvalue weighted by atomic mass is 79.9. The quantitative estimate of drug-likeness (QED) is 0.773. The van der Waals surface area contributed by atoms with Crippen LogP contribution < -0.4 is 4.90 Å². The average molecular weight is 408 g/mol. The zero-order chi connectivity index (χ0) is 18.1. The van der Waals surface area contributed by atoms with Crippen LogP contribution in [0.1, 0.15) is 24.8 Å². The molecule has 2 aliphatic rings. The molecule has 2 amide bonds. The molecule has 0 spiro atoms. The first kappa shape index (κ1) is 18.4. The molecule has 0 N–H and O–H groups in total. The second-order valence-corrected chi connectivity index (χ2v) is 8.21. The molecule has 2 aliphatic heterocycles. The predicted molar refractivity (Wildman–Crippen MR) is 103 cm³/mol. The molecule has 5 nitrogen and oxygen atoms in total. The Morgan fingerprint density at radius 3 is 2.52 bits per heavy atom. The van der Waals surface area contributed by atoms with Gasteiger partial charge in [-0.1, -0.05) is 15.9 Å². The highest BCUT2D eigenvalue weighted by Gasteiger charge is 2.38. The minimum Gasteiger partial charge on any atom is -0.342 e. The summed E-state index contributed by atoms with van der Waals surface area (Å²) in [7, 11) is 4.19. The summed E-state index contributed by atoms with van der Waals surface area (Å²) >= 11 is 3.49. The third-order valence-corrected chi connectivity index (χ3v) is 6.32. The Labute approximate surface area is 158 Å². The van der Waals surface area contributed by atoms with Crippen LogP contribution in [0.3, 0.4) is 0 Å². The van der Waals surface area contributed by atoms with E-state index in [9.17, 15) is 9.59 Å². The molecule has 136 valence electrons. The monoisotopic (exact) mass is 407 g/mol. The lowest BCUT2D eigenvalue weighted by atomic mass is 10.0. The lowest BCUT2D eigenvalue weighted by Gasteiger charge is -2.36. The van der Waals surface area contributed by atoms with Crippen molar-refractivity contribution in [2.75, 3.05) is 38.6 Å². The maximum atomic E-state index is 12.8. The number of benzene rings is 1. The zero-order valence-electron chi connectivity index (χ0n) is 15.2. The van der Waals surface area contributed by atoms with E-state index in [0.717, 1.165) is 41.7 Å². The predicted octanol–water partition coefficient (Wildman–Crippen LogP) is 2.66. The Bertz CT molecular complexity index is 669. The molecule has 25 heavy (non-hydrogen) atoms.